The molecule has 0 bridgehead atoms. The number of esters is 1. The maximum absolute atomic E-state index is 11.9. The molecule has 19 heavy (non-hydrogen) atoms. The van der Waals surface area contributed by atoms with Crippen LogP contribution in [0.1, 0.15) is 26.7 Å². The Labute approximate surface area is 112 Å². The van der Waals surface area contributed by atoms with Gasteiger partial charge in [0.15, 0.2) is 5.78 Å². The molecule has 1 saturated carbocycles. The van der Waals surface area contributed by atoms with Crippen molar-refractivity contribution in [3.8, 4) is 0 Å². The second kappa shape index (κ2) is 4.04. The van der Waals surface area contributed by atoms with Crippen molar-refractivity contribution in [2.75, 3.05) is 0 Å². The molecule has 0 aromatic rings. The summed E-state index contributed by atoms with van der Waals surface area (Å²) in [5, 5.41) is 10.3. The third-order valence-corrected chi connectivity index (χ3v) is 4.90. The van der Waals surface area contributed by atoms with E-state index in [9.17, 15) is 14.7 Å². The molecule has 1 heterocycles. The standard InChI is InChI=1S/C15H18O4/c1-6-4-11(17)13-8(3)15(18)19-14(13)12-7(2)10(16)5-9(6)12/h6,9,11,13-14,17H,3-5H2,1-2H3/t6-,9-,11-,13-,14-/m1/s1. The molecular formula is C15H18O4. The van der Waals surface area contributed by atoms with Crippen molar-refractivity contribution in [3.63, 3.8) is 0 Å². The van der Waals surface area contributed by atoms with E-state index in [4.69, 9.17) is 4.74 Å². The SMILES string of the molecule is C=C1C(=O)O[C@@H]2C3=C(C)C(=O)C[C@@H]3[C@H](C)C[C@@H](O)[C@@H]12. The van der Waals surface area contributed by atoms with Crippen LogP contribution >= 0.6 is 0 Å². The quantitative estimate of drug-likeness (QED) is 0.529. The van der Waals surface area contributed by atoms with E-state index in [2.05, 4.69) is 6.58 Å². The maximum Gasteiger partial charge on any atom is 0.334 e. The van der Waals surface area contributed by atoms with Crippen LogP contribution in [0.3, 0.4) is 0 Å². The minimum Gasteiger partial charge on any atom is -0.454 e. The first-order valence-corrected chi connectivity index (χ1v) is 6.73. The highest BCUT2D eigenvalue weighted by atomic mass is 16.6. The molecule has 1 N–H and O–H groups in total. The molecule has 0 spiro atoms. The Balaban J connectivity index is 2.12. The van der Waals surface area contributed by atoms with Crippen molar-refractivity contribution < 1.29 is 19.4 Å². The van der Waals surface area contributed by atoms with Gasteiger partial charge >= 0.3 is 5.97 Å². The third-order valence-electron chi connectivity index (χ3n) is 4.90. The van der Waals surface area contributed by atoms with E-state index in [0.29, 0.717) is 24.0 Å². The molecule has 4 nitrogen and oxygen atoms in total. The summed E-state index contributed by atoms with van der Waals surface area (Å²) >= 11 is 0. The molecule has 1 aliphatic heterocycles. The number of carbonyl (C=O) groups excluding carboxylic acids is 2. The monoisotopic (exact) mass is 262 g/mol. The van der Waals surface area contributed by atoms with Gasteiger partial charge in [-0.25, -0.2) is 4.79 Å². The molecule has 0 aromatic carbocycles. The lowest BCUT2D eigenvalue weighted by atomic mass is 9.85. The molecule has 4 heteroatoms. The lowest BCUT2D eigenvalue weighted by molar-refractivity contribution is -0.138. The van der Waals surface area contributed by atoms with E-state index in [1.807, 2.05) is 6.92 Å². The Morgan fingerprint density at radius 1 is 1.37 bits per heavy atom. The van der Waals surface area contributed by atoms with Crippen LogP contribution in [0.4, 0.5) is 0 Å². The smallest absolute Gasteiger partial charge is 0.334 e. The Bertz CT molecular complexity index is 516. The number of aliphatic hydroxyl groups excluding tert-OH is 1. The minimum atomic E-state index is -0.625. The van der Waals surface area contributed by atoms with E-state index >= 15 is 0 Å². The summed E-state index contributed by atoms with van der Waals surface area (Å²) < 4.78 is 5.40. The van der Waals surface area contributed by atoms with Crippen LogP contribution in [0.15, 0.2) is 23.3 Å². The second-order valence-corrected chi connectivity index (χ2v) is 5.97. The number of aliphatic hydroxyl groups is 1. The number of Topliss-reactive ketones (excluding diaryl/α,β-unsaturated/α-hetero) is 1. The molecule has 0 amide bonds. The average Bonchev–Trinajstić information content (AvgIpc) is 2.75. The topological polar surface area (TPSA) is 63.6 Å². The summed E-state index contributed by atoms with van der Waals surface area (Å²) in [4.78, 5) is 23.7. The molecule has 0 unspecified atom stereocenters. The van der Waals surface area contributed by atoms with Gasteiger partial charge in [-0.3, -0.25) is 4.79 Å². The summed E-state index contributed by atoms with van der Waals surface area (Å²) in [5.41, 5.74) is 1.97. The van der Waals surface area contributed by atoms with Gasteiger partial charge in [0.05, 0.1) is 12.0 Å². The van der Waals surface area contributed by atoms with Gasteiger partial charge in [0.1, 0.15) is 6.10 Å². The fourth-order valence-corrected chi connectivity index (χ4v) is 3.80. The van der Waals surface area contributed by atoms with E-state index in [0.717, 1.165) is 5.57 Å². The van der Waals surface area contributed by atoms with Crippen LogP contribution in [0.25, 0.3) is 0 Å². The molecule has 102 valence electrons. The van der Waals surface area contributed by atoms with Gasteiger partial charge in [-0.1, -0.05) is 13.5 Å². The number of carbonyl (C=O) groups is 2. The fraction of sp³-hybridized carbons (Fsp3) is 0.600. The number of ketones is 1. The lowest BCUT2D eigenvalue weighted by Gasteiger charge is -2.22. The van der Waals surface area contributed by atoms with Gasteiger partial charge in [0, 0.05) is 12.0 Å². The van der Waals surface area contributed by atoms with E-state index < -0.39 is 24.1 Å². The zero-order valence-corrected chi connectivity index (χ0v) is 11.2. The highest BCUT2D eigenvalue weighted by molar-refractivity contribution is 6.00. The van der Waals surface area contributed by atoms with E-state index in [1.54, 1.807) is 6.92 Å². The first-order chi connectivity index (χ1) is 8.91. The van der Waals surface area contributed by atoms with Crippen molar-refractivity contribution in [2.45, 2.75) is 38.9 Å². The average molecular weight is 262 g/mol. The third kappa shape index (κ3) is 1.62. The van der Waals surface area contributed by atoms with Crippen molar-refractivity contribution in [1.29, 1.82) is 0 Å². The van der Waals surface area contributed by atoms with Gasteiger partial charge < -0.3 is 9.84 Å². The summed E-state index contributed by atoms with van der Waals surface area (Å²) in [6.07, 6.45) is -0.0650. The number of hydrogen-bond acceptors (Lipinski definition) is 4. The van der Waals surface area contributed by atoms with Crippen LogP contribution in [-0.4, -0.2) is 29.1 Å². The van der Waals surface area contributed by atoms with Gasteiger partial charge in [-0.15, -0.1) is 0 Å². The summed E-state index contributed by atoms with van der Waals surface area (Å²) in [6, 6.07) is 0. The van der Waals surface area contributed by atoms with E-state index in [1.165, 1.54) is 0 Å². The first-order valence-electron chi connectivity index (χ1n) is 6.73. The molecule has 0 radical (unpaired) electrons. The Morgan fingerprint density at radius 2 is 2.05 bits per heavy atom. The number of allylic oxidation sites excluding steroid dienone is 1. The van der Waals surface area contributed by atoms with Gasteiger partial charge in [0.25, 0.3) is 0 Å². The van der Waals surface area contributed by atoms with Crippen LogP contribution in [0, 0.1) is 17.8 Å². The van der Waals surface area contributed by atoms with Crippen molar-refractivity contribution in [3.05, 3.63) is 23.3 Å². The number of hydrogen-bond donors (Lipinski definition) is 1. The highest BCUT2D eigenvalue weighted by Crippen LogP contribution is 2.49. The van der Waals surface area contributed by atoms with Crippen molar-refractivity contribution in [2.24, 2.45) is 17.8 Å². The normalized spacial score (nSPS) is 42.1. The summed E-state index contributed by atoms with van der Waals surface area (Å²) in [6.45, 7) is 7.60. The highest BCUT2D eigenvalue weighted by Gasteiger charge is 2.52. The fourth-order valence-electron chi connectivity index (χ4n) is 3.80. The molecule has 2 aliphatic carbocycles. The Hall–Kier alpha value is -1.42. The molecule has 1 saturated heterocycles. The maximum atomic E-state index is 11.9. The molecule has 0 aromatic heterocycles. The zero-order chi connectivity index (χ0) is 13.9. The number of ether oxygens (including phenoxy) is 1. The van der Waals surface area contributed by atoms with Crippen LogP contribution in [-0.2, 0) is 14.3 Å². The summed E-state index contributed by atoms with van der Waals surface area (Å²) in [5.74, 6) is -0.396. The van der Waals surface area contributed by atoms with Crippen LogP contribution < -0.4 is 0 Å². The van der Waals surface area contributed by atoms with Gasteiger partial charge in [0.2, 0.25) is 0 Å². The first kappa shape index (κ1) is 12.6. The number of fused-ring (bicyclic) bond motifs is 3. The number of rotatable bonds is 0. The molecule has 5 atom stereocenters. The molecular weight excluding hydrogens is 244 g/mol. The van der Waals surface area contributed by atoms with Gasteiger partial charge in [-0.2, -0.15) is 0 Å². The largest absolute Gasteiger partial charge is 0.454 e. The Morgan fingerprint density at radius 3 is 2.74 bits per heavy atom. The minimum absolute atomic E-state index is 0.0934. The van der Waals surface area contributed by atoms with Crippen molar-refractivity contribution in [1.82, 2.24) is 0 Å². The molecule has 3 aliphatic rings. The zero-order valence-electron chi connectivity index (χ0n) is 11.2. The predicted molar refractivity (Wildman–Crippen MR) is 68.1 cm³/mol. The van der Waals surface area contributed by atoms with Crippen LogP contribution in [0.5, 0.6) is 0 Å². The van der Waals surface area contributed by atoms with Crippen LogP contribution in [0.2, 0.25) is 0 Å². The molecule has 3 rings (SSSR count). The van der Waals surface area contributed by atoms with E-state index in [-0.39, 0.29) is 17.6 Å². The lowest BCUT2D eigenvalue weighted by Crippen LogP contribution is -2.29. The predicted octanol–water partition coefficient (Wildman–Crippen LogP) is 1.39. The molecule has 2 fully saturated rings. The Kier molecular flexibility index (Phi) is 2.68. The van der Waals surface area contributed by atoms with Crippen molar-refractivity contribution >= 4 is 11.8 Å². The second-order valence-electron chi connectivity index (χ2n) is 5.97. The van der Waals surface area contributed by atoms with Gasteiger partial charge in [-0.05, 0) is 36.3 Å². The summed E-state index contributed by atoms with van der Waals surface area (Å²) in [7, 11) is 0.